The number of carbonyl (C=O) groups is 1. The van der Waals surface area contributed by atoms with E-state index in [0.717, 1.165) is 24.1 Å². The molecule has 0 saturated carbocycles. The van der Waals surface area contributed by atoms with Crippen LogP contribution in [0.4, 0.5) is 0 Å². The summed E-state index contributed by atoms with van der Waals surface area (Å²) in [7, 11) is 0. The van der Waals surface area contributed by atoms with Crippen LogP contribution >= 0.6 is 0 Å². The summed E-state index contributed by atoms with van der Waals surface area (Å²) in [5.74, 6) is -0.0206. The average Bonchev–Trinajstić information content (AvgIpc) is 2.49. The van der Waals surface area contributed by atoms with Crippen molar-refractivity contribution in [3.05, 3.63) is 65.0 Å². The number of nitrogens with zero attached hydrogens (tertiary/aromatic N) is 1. The molecule has 2 aromatic rings. The molecule has 3 nitrogen and oxygen atoms in total. The summed E-state index contributed by atoms with van der Waals surface area (Å²) in [6.07, 6.45) is 3.64. The standard InChI is InChI=1S/C17H20N2O/c1-3-14-6-8-16(9-7-14)17(20)18-11-10-15-5-4-13(2)19-12-15/h4-9,12H,3,10-11H2,1-2H3,(H,18,20). The smallest absolute Gasteiger partial charge is 0.251 e. The minimum atomic E-state index is -0.0206. The quantitative estimate of drug-likeness (QED) is 0.906. The third-order valence-electron chi connectivity index (χ3n) is 3.30. The highest BCUT2D eigenvalue weighted by Crippen LogP contribution is 2.05. The Morgan fingerprint density at radius 2 is 1.80 bits per heavy atom. The van der Waals surface area contributed by atoms with E-state index in [1.54, 1.807) is 0 Å². The van der Waals surface area contributed by atoms with E-state index in [9.17, 15) is 4.79 Å². The van der Waals surface area contributed by atoms with Gasteiger partial charge in [0.25, 0.3) is 5.91 Å². The third-order valence-corrected chi connectivity index (χ3v) is 3.30. The summed E-state index contributed by atoms with van der Waals surface area (Å²) in [6, 6.07) is 11.8. The molecule has 0 bridgehead atoms. The third kappa shape index (κ3) is 3.92. The maximum atomic E-state index is 12.0. The van der Waals surface area contributed by atoms with Gasteiger partial charge in [-0.2, -0.15) is 0 Å². The Morgan fingerprint density at radius 3 is 2.40 bits per heavy atom. The van der Waals surface area contributed by atoms with E-state index in [2.05, 4.69) is 17.2 Å². The second-order valence-electron chi connectivity index (χ2n) is 4.86. The zero-order chi connectivity index (χ0) is 14.4. The van der Waals surface area contributed by atoms with Gasteiger partial charge in [-0.3, -0.25) is 9.78 Å². The fourth-order valence-corrected chi connectivity index (χ4v) is 1.96. The minimum Gasteiger partial charge on any atom is -0.352 e. The zero-order valence-electron chi connectivity index (χ0n) is 12.0. The zero-order valence-corrected chi connectivity index (χ0v) is 12.0. The lowest BCUT2D eigenvalue weighted by Crippen LogP contribution is -2.25. The first-order chi connectivity index (χ1) is 9.69. The van der Waals surface area contributed by atoms with Crippen molar-refractivity contribution < 1.29 is 4.79 Å². The number of carbonyl (C=O) groups excluding carboxylic acids is 1. The molecule has 0 saturated heterocycles. The van der Waals surface area contributed by atoms with Gasteiger partial charge in [0.1, 0.15) is 0 Å². The average molecular weight is 268 g/mol. The van der Waals surface area contributed by atoms with E-state index in [4.69, 9.17) is 0 Å². The number of aromatic nitrogens is 1. The number of hydrogen-bond donors (Lipinski definition) is 1. The number of benzene rings is 1. The van der Waals surface area contributed by atoms with E-state index in [1.165, 1.54) is 5.56 Å². The first kappa shape index (κ1) is 14.3. The van der Waals surface area contributed by atoms with Gasteiger partial charge in [-0.15, -0.1) is 0 Å². The second-order valence-corrected chi connectivity index (χ2v) is 4.86. The predicted molar refractivity (Wildman–Crippen MR) is 80.8 cm³/mol. The number of nitrogens with one attached hydrogen (secondary N) is 1. The molecule has 0 fully saturated rings. The highest BCUT2D eigenvalue weighted by Gasteiger charge is 2.04. The molecule has 1 heterocycles. The van der Waals surface area contributed by atoms with Gasteiger partial charge in [0, 0.05) is 24.0 Å². The predicted octanol–water partition coefficient (Wildman–Crippen LogP) is 2.92. The van der Waals surface area contributed by atoms with Crippen LogP contribution in [0.1, 0.15) is 34.1 Å². The molecule has 0 aliphatic carbocycles. The number of pyridine rings is 1. The van der Waals surface area contributed by atoms with Gasteiger partial charge in [-0.05, 0) is 49.1 Å². The molecule has 2 rings (SSSR count). The summed E-state index contributed by atoms with van der Waals surface area (Å²) in [4.78, 5) is 16.2. The summed E-state index contributed by atoms with van der Waals surface area (Å²) >= 11 is 0. The molecule has 1 amide bonds. The van der Waals surface area contributed by atoms with E-state index in [0.29, 0.717) is 12.1 Å². The monoisotopic (exact) mass is 268 g/mol. The first-order valence-electron chi connectivity index (χ1n) is 6.97. The molecular formula is C17H20N2O. The SMILES string of the molecule is CCc1ccc(C(=O)NCCc2ccc(C)nc2)cc1. The summed E-state index contributed by atoms with van der Waals surface area (Å²) in [5.41, 5.74) is 4.10. The summed E-state index contributed by atoms with van der Waals surface area (Å²) < 4.78 is 0. The van der Waals surface area contributed by atoms with Gasteiger partial charge in [0.2, 0.25) is 0 Å². The molecule has 0 atom stereocenters. The Labute approximate surface area is 120 Å². The van der Waals surface area contributed by atoms with Gasteiger partial charge < -0.3 is 5.32 Å². The molecular weight excluding hydrogens is 248 g/mol. The fraction of sp³-hybridized carbons (Fsp3) is 0.294. The van der Waals surface area contributed by atoms with Gasteiger partial charge in [0.05, 0.1) is 0 Å². The van der Waals surface area contributed by atoms with Crippen LogP contribution in [0, 0.1) is 6.92 Å². The lowest BCUT2D eigenvalue weighted by atomic mass is 10.1. The molecule has 0 spiro atoms. The van der Waals surface area contributed by atoms with Crippen molar-refractivity contribution in [3.63, 3.8) is 0 Å². The molecule has 0 unspecified atom stereocenters. The minimum absolute atomic E-state index is 0.0206. The fourth-order valence-electron chi connectivity index (χ4n) is 1.96. The van der Waals surface area contributed by atoms with Gasteiger partial charge in [-0.25, -0.2) is 0 Å². The van der Waals surface area contributed by atoms with Crippen molar-refractivity contribution in [1.82, 2.24) is 10.3 Å². The Morgan fingerprint density at radius 1 is 1.10 bits per heavy atom. The molecule has 20 heavy (non-hydrogen) atoms. The Hall–Kier alpha value is -2.16. The molecule has 0 radical (unpaired) electrons. The number of hydrogen-bond acceptors (Lipinski definition) is 2. The Bertz CT molecular complexity index is 559. The van der Waals surface area contributed by atoms with Crippen LogP contribution in [-0.2, 0) is 12.8 Å². The number of amides is 1. The van der Waals surface area contributed by atoms with Crippen LogP contribution in [0.25, 0.3) is 0 Å². The van der Waals surface area contributed by atoms with Crippen molar-refractivity contribution in [2.75, 3.05) is 6.54 Å². The van der Waals surface area contributed by atoms with Crippen molar-refractivity contribution in [2.24, 2.45) is 0 Å². The second kappa shape index (κ2) is 6.85. The maximum absolute atomic E-state index is 12.0. The van der Waals surface area contributed by atoms with Crippen LogP contribution in [0.5, 0.6) is 0 Å². The van der Waals surface area contributed by atoms with Crippen LogP contribution in [-0.4, -0.2) is 17.4 Å². The van der Waals surface area contributed by atoms with Crippen molar-refractivity contribution in [1.29, 1.82) is 0 Å². The van der Waals surface area contributed by atoms with Crippen LogP contribution in [0.15, 0.2) is 42.6 Å². The Kier molecular flexibility index (Phi) is 4.88. The Balaban J connectivity index is 1.83. The van der Waals surface area contributed by atoms with Crippen molar-refractivity contribution in [3.8, 4) is 0 Å². The molecule has 104 valence electrons. The topological polar surface area (TPSA) is 42.0 Å². The maximum Gasteiger partial charge on any atom is 0.251 e. The molecule has 1 aromatic heterocycles. The van der Waals surface area contributed by atoms with E-state index in [-0.39, 0.29) is 5.91 Å². The van der Waals surface area contributed by atoms with Gasteiger partial charge in [-0.1, -0.05) is 25.1 Å². The lowest BCUT2D eigenvalue weighted by Gasteiger charge is -2.06. The van der Waals surface area contributed by atoms with Crippen molar-refractivity contribution >= 4 is 5.91 Å². The molecule has 3 heteroatoms. The van der Waals surface area contributed by atoms with Gasteiger partial charge >= 0.3 is 0 Å². The molecule has 0 aliphatic rings. The lowest BCUT2D eigenvalue weighted by molar-refractivity contribution is 0.0954. The van der Waals surface area contributed by atoms with E-state index in [1.807, 2.05) is 49.5 Å². The van der Waals surface area contributed by atoms with Gasteiger partial charge in [0.15, 0.2) is 0 Å². The van der Waals surface area contributed by atoms with E-state index < -0.39 is 0 Å². The highest BCUT2D eigenvalue weighted by atomic mass is 16.1. The summed E-state index contributed by atoms with van der Waals surface area (Å²) in [6.45, 7) is 4.69. The normalized spacial score (nSPS) is 10.3. The number of aryl methyl sites for hydroxylation is 2. The van der Waals surface area contributed by atoms with E-state index >= 15 is 0 Å². The highest BCUT2D eigenvalue weighted by molar-refractivity contribution is 5.94. The first-order valence-corrected chi connectivity index (χ1v) is 6.97. The van der Waals surface area contributed by atoms with Crippen molar-refractivity contribution in [2.45, 2.75) is 26.7 Å². The largest absolute Gasteiger partial charge is 0.352 e. The van der Waals surface area contributed by atoms with Crippen LogP contribution in [0.3, 0.4) is 0 Å². The summed E-state index contributed by atoms with van der Waals surface area (Å²) in [5, 5.41) is 2.93. The van der Waals surface area contributed by atoms with Crippen LogP contribution in [0.2, 0.25) is 0 Å². The number of rotatable bonds is 5. The molecule has 1 aromatic carbocycles. The molecule has 1 N–H and O–H groups in total. The van der Waals surface area contributed by atoms with Crippen LogP contribution < -0.4 is 5.32 Å². The molecule has 0 aliphatic heterocycles.